The molecule has 0 atom stereocenters. The molecule has 0 radical (unpaired) electrons. The molecular weight excluding hydrogens is 279 g/mol. The second kappa shape index (κ2) is 7.50. The van der Waals surface area contributed by atoms with Crippen LogP contribution in [0.15, 0.2) is 53.6 Å². The van der Waals surface area contributed by atoms with E-state index in [0.717, 1.165) is 24.1 Å². The van der Waals surface area contributed by atoms with Crippen LogP contribution in [0.3, 0.4) is 0 Å². The maximum Gasteiger partial charge on any atom is 0.271 e. The average Bonchev–Trinajstić information content (AvgIpc) is 2.54. The summed E-state index contributed by atoms with van der Waals surface area (Å²) in [6.07, 6.45) is 2.16. The summed E-state index contributed by atoms with van der Waals surface area (Å²) in [4.78, 5) is 11.9. The first kappa shape index (κ1) is 15.9. The Kier molecular flexibility index (Phi) is 5.42. The predicted molar refractivity (Wildman–Crippen MR) is 86.5 cm³/mol. The van der Waals surface area contributed by atoms with Gasteiger partial charge in [-0.05, 0) is 48.7 Å². The van der Waals surface area contributed by atoms with E-state index < -0.39 is 0 Å². The highest BCUT2D eigenvalue weighted by Gasteiger charge is 2.05. The Morgan fingerprint density at radius 3 is 2.23 bits per heavy atom. The lowest BCUT2D eigenvalue weighted by atomic mass is 10.1. The minimum Gasteiger partial charge on any atom is -0.267 e. The van der Waals surface area contributed by atoms with Crippen molar-refractivity contribution in [1.82, 2.24) is 5.43 Å². The Balaban J connectivity index is 2.02. The molecule has 0 saturated heterocycles. The number of halogens is 1. The van der Waals surface area contributed by atoms with Gasteiger partial charge in [0.2, 0.25) is 0 Å². The van der Waals surface area contributed by atoms with Gasteiger partial charge in [0.25, 0.3) is 5.91 Å². The lowest BCUT2D eigenvalue weighted by Gasteiger charge is -2.04. The zero-order chi connectivity index (χ0) is 15.9. The van der Waals surface area contributed by atoms with E-state index in [1.807, 2.05) is 19.1 Å². The van der Waals surface area contributed by atoms with Crippen molar-refractivity contribution in [3.8, 4) is 0 Å². The Hall–Kier alpha value is -2.49. The molecule has 0 heterocycles. The van der Waals surface area contributed by atoms with Crippen LogP contribution in [0.2, 0.25) is 0 Å². The maximum absolute atomic E-state index is 12.8. The van der Waals surface area contributed by atoms with Crippen LogP contribution in [0.5, 0.6) is 0 Å². The molecule has 114 valence electrons. The zero-order valence-electron chi connectivity index (χ0n) is 12.8. The first-order valence-corrected chi connectivity index (χ1v) is 7.29. The number of carbonyl (C=O) groups excluding carboxylic acids is 1. The summed E-state index contributed by atoms with van der Waals surface area (Å²) in [6.45, 7) is 3.98. The molecule has 2 aromatic rings. The second-order valence-electron chi connectivity index (χ2n) is 5.09. The van der Waals surface area contributed by atoms with E-state index in [0.29, 0.717) is 5.56 Å². The van der Waals surface area contributed by atoms with E-state index in [1.54, 1.807) is 0 Å². The number of benzene rings is 2. The summed E-state index contributed by atoms with van der Waals surface area (Å²) in [5.74, 6) is -0.731. The van der Waals surface area contributed by atoms with E-state index >= 15 is 0 Å². The molecule has 0 fully saturated rings. The van der Waals surface area contributed by atoms with Gasteiger partial charge in [-0.3, -0.25) is 4.79 Å². The third-order valence-corrected chi connectivity index (χ3v) is 3.34. The van der Waals surface area contributed by atoms with E-state index in [9.17, 15) is 9.18 Å². The molecule has 1 amide bonds. The highest BCUT2D eigenvalue weighted by Crippen LogP contribution is 2.08. The van der Waals surface area contributed by atoms with Crippen LogP contribution >= 0.6 is 0 Å². The largest absolute Gasteiger partial charge is 0.271 e. The van der Waals surface area contributed by atoms with Crippen molar-refractivity contribution in [2.24, 2.45) is 5.10 Å². The number of hydrogen-bond acceptors (Lipinski definition) is 2. The van der Waals surface area contributed by atoms with Gasteiger partial charge < -0.3 is 0 Å². The summed E-state index contributed by atoms with van der Waals surface area (Å²) in [5.41, 5.74) is 5.82. The van der Waals surface area contributed by atoms with Crippen molar-refractivity contribution in [2.45, 2.75) is 26.7 Å². The van der Waals surface area contributed by atoms with Crippen LogP contribution in [0.1, 0.15) is 41.8 Å². The van der Waals surface area contributed by atoms with Gasteiger partial charge in [0.1, 0.15) is 5.82 Å². The average molecular weight is 298 g/mol. The van der Waals surface area contributed by atoms with Gasteiger partial charge in [-0.1, -0.05) is 37.6 Å². The van der Waals surface area contributed by atoms with Crippen molar-refractivity contribution in [2.75, 3.05) is 0 Å². The molecule has 1 N–H and O–H groups in total. The topological polar surface area (TPSA) is 41.5 Å². The first-order valence-electron chi connectivity index (χ1n) is 7.29. The Morgan fingerprint density at radius 1 is 1.05 bits per heavy atom. The van der Waals surface area contributed by atoms with Gasteiger partial charge in [-0.15, -0.1) is 0 Å². The molecular formula is C18H19FN2O. The normalized spacial score (nSPS) is 11.3. The van der Waals surface area contributed by atoms with Gasteiger partial charge in [-0.2, -0.15) is 5.10 Å². The molecule has 0 aliphatic rings. The number of rotatable bonds is 5. The minimum absolute atomic E-state index is 0.359. The van der Waals surface area contributed by atoms with Crippen LogP contribution in [0.4, 0.5) is 4.39 Å². The number of amides is 1. The first-order chi connectivity index (χ1) is 10.6. The van der Waals surface area contributed by atoms with Gasteiger partial charge in [0.05, 0.1) is 5.71 Å². The number of carbonyl (C=O) groups is 1. The van der Waals surface area contributed by atoms with Crippen LogP contribution in [0.25, 0.3) is 0 Å². The third-order valence-electron chi connectivity index (χ3n) is 3.34. The van der Waals surface area contributed by atoms with Crippen LogP contribution in [0, 0.1) is 5.82 Å². The van der Waals surface area contributed by atoms with E-state index in [4.69, 9.17) is 0 Å². The number of hydrogen-bond donors (Lipinski definition) is 1. The fourth-order valence-electron chi connectivity index (χ4n) is 2.07. The van der Waals surface area contributed by atoms with Gasteiger partial charge in [0, 0.05) is 5.56 Å². The second-order valence-corrected chi connectivity index (χ2v) is 5.09. The summed E-state index contributed by atoms with van der Waals surface area (Å²) >= 11 is 0. The fraction of sp³-hybridized carbons (Fsp3) is 0.222. The van der Waals surface area contributed by atoms with E-state index in [1.165, 1.54) is 29.8 Å². The Bertz CT molecular complexity index is 660. The maximum atomic E-state index is 12.8. The van der Waals surface area contributed by atoms with Gasteiger partial charge in [0.15, 0.2) is 0 Å². The van der Waals surface area contributed by atoms with Crippen LogP contribution < -0.4 is 5.43 Å². The standard InChI is InChI=1S/C18H19FN2O/c1-3-4-14-5-7-15(8-6-14)13(2)20-21-18(22)16-9-11-17(19)12-10-16/h5-12H,3-4H2,1-2H3,(H,21,22). The van der Waals surface area contributed by atoms with Crippen LogP contribution in [-0.2, 0) is 6.42 Å². The number of nitrogens with zero attached hydrogens (tertiary/aromatic N) is 1. The molecule has 3 nitrogen and oxygen atoms in total. The summed E-state index contributed by atoms with van der Waals surface area (Å²) < 4.78 is 12.8. The highest BCUT2D eigenvalue weighted by molar-refractivity contribution is 6.00. The molecule has 0 aliphatic heterocycles. The smallest absolute Gasteiger partial charge is 0.267 e. The van der Waals surface area contributed by atoms with Crippen molar-refractivity contribution in [3.05, 3.63) is 71.0 Å². The van der Waals surface area contributed by atoms with Crippen molar-refractivity contribution < 1.29 is 9.18 Å². The molecule has 2 aromatic carbocycles. The molecule has 22 heavy (non-hydrogen) atoms. The van der Waals surface area contributed by atoms with Gasteiger partial charge >= 0.3 is 0 Å². The Labute approximate surface area is 129 Å². The molecule has 0 saturated carbocycles. The summed E-state index contributed by atoms with van der Waals surface area (Å²) in [7, 11) is 0. The van der Waals surface area contributed by atoms with Crippen molar-refractivity contribution in [1.29, 1.82) is 0 Å². The lowest BCUT2D eigenvalue weighted by Crippen LogP contribution is -2.19. The number of nitrogens with one attached hydrogen (secondary N) is 1. The number of hydrazone groups is 1. The molecule has 0 aromatic heterocycles. The molecule has 0 bridgehead atoms. The highest BCUT2D eigenvalue weighted by atomic mass is 19.1. The molecule has 0 spiro atoms. The van der Waals surface area contributed by atoms with Gasteiger partial charge in [-0.25, -0.2) is 9.82 Å². The summed E-state index contributed by atoms with van der Waals surface area (Å²) in [5, 5.41) is 4.09. The number of aryl methyl sites for hydroxylation is 1. The fourth-order valence-corrected chi connectivity index (χ4v) is 2.07. The SMILES string of the molecule is CCCc1ccc(C(C)=NNC(=O)c2ccc(F)cc2)cc1. The molecule has 4 heteroatoms. The van der Waals surface area contributed by atoms with Crippen LogP contribution in [-0.4, -0.2) is 11.6 Å². The minimum atomic E-state index is -0.372. The molecule has 2 rings (SSSR count). The third kappa shape index (κ3) is 4.25. The predicted octanol–water partition coefficient (Wildman–Crippen LogP) is 3.93. The zero-order valence-corrected chi connectivity index (χ0v) is 12.8. The van der Waals surface area contributed by atoms with Crippen molar-refractivity contribution >= 4 is 11.6 Å². The van der Waals surface area contributed by atoms with E-state index in [2.05, 4.69) is 29.6 Å². The lowest BCUT2D eigenvalue weighted by molar-refractivity contribution is 0.0955. The van der Waals surface area contributed by atoms with E-state index in [-0.39, 0.29) is 11.7 Å². The molecule has 0 aliphatic carbocycles. The summed E-state index contributed by atoms with van der Waals surface area (Å²) in [6, 6.07) is 13.5. The molecule has 0 unspecified atom stereocenters. The quantitative estimate of drug-likeness (QED) is 0.659. The van der Waals surface area contributed by atoms with Crippen molar-refractivity contribution in [3.63, 3.8) is 0 Å². The Morgan fingerprint density at radius 2 is 1.64 bits per heavy atom. The monoisotopic (exact) mass is 298 g/mol.